The van der Waals surface area contributed by atoms with Crippen molar-refractivity contribution >= 4 is 29.2 Å². The van der Waals surface area contributed by atoms with Gasteiger partial charge in [0.15, 0.2) is 0 Å². The minimum absolute atomic E-state index is 0.0373. The normalized spacial score (nSPS) is 17.8. The summed E-state index contributed by atoms with van der Waals surface area (Å²) in [5.41, 5.74) is -0.200. The molecule has 2 aromatic carbocycles. The maximum absolute atomic E-state index is 13.6. The second-order valence-electron chi connectivity index (χ2n) is 12.0. The average Bonchev–Trinajstić information content (AvgIpc) is 3.57. The number of cyclic esters (lactones) is 1. The maximum Gasteiger partial charge on any atom is 0.416 e. The standard InChI is InChI=1S/C35H31F6N3O5S/c1-18-12-28(32(45)48-4)50-31(18)20-6-8-27(47-3)25(15-20)24-7-9-29(43-10-5-11-43)42-26(24)17-44-19(2)30(49-33(44)46)21-13-22(34(36,37)38)16-23(14-21)35(39,40)41/h6-9,12-16,19,30H,5,10-11,17H2,1-4H3/t19-,30-/m0/s1. The number of alkyl halides is 6. The summed E-state index contributed by atoms with van der Waals surface area (Å²) in [5.74, 6) is 0.664. The molecule has 1 amide bonds. The number of ether oxygens (including phenoxy) is 3. The van der Waals surface area contributed by atoms with E-state index < -0.39 is 53.3 Å². The van der Waals surface area contributed by atoms with E-state index in [2.05, 4.69) is 0 Å². The van der Waals surface area contributed by atoms with E-state index in [0.29, 0.717) is 45.4 Å². The summed E-state index contributed by atoms with van der Waals surface area (Å²) in [6, 6.07) is 11.1. The molecule has 4 aromatic rings. The molecule has 0 N–H and O–H groups in total. The van der Waals surface area contributed by atoms with Crippen LogP contribution >= 0.6 is 11.3 Å². The fraction of sp³-hybridized carbons (Fsp3) is 0.343. The first-order valence-electron chi connectivity index (χ1n) is 15.5. The molecule has 264 valence electrons. The van der Waals surface area contributed by atoms with Crippen molar-refractivity contribution in [3.05, 3.63) is 87.4 Å². The molecule has 0 unspecified atom stereocenters. The van der Waals surface area contributed by atoms with Crippen molar-refractivity contribution in [3.63, 3.8) is 0 Å². The lowest BCUT2D eigenvalue weighted by molar-refractivity contribution is -0.143. The fourth-order valence-corrected chi connectivity index (χ4v) is 7.16. The van der Waals surface area contributed by atoms with E-state index in [1.54, 1.807) is 12.1 Å². The lowest BCUT2D eigenvalue weighted by atomic mass is 9.96. The van der Waals surface area contributed by atoms with Gasteiger partial charge in [-0.15, -0.1) is 11.3 Å². The molecule has 2 saturated heterocycles. The number of thiophene rings is 1. The second kappa shape index (κ2) is 13.2. The molecule has 0 saturated carbocycles. The number of methoxy groups -OCH3 is 2. The van der Waals surface area contributed by atoms with E-state index in [1.807, 2.05) is 36.1 Å². The van der Waals surface area contributed by atoms with E-state index in [-0.39, 0.29) is 12.6 Å². The van der Waals surface area contributed by atoms with E-state index in [4.69, 9.17) is 19.2 Å². The number of carbonyl (C=O) groups excluding carboxylic acids is 2. The highest BCUT2D eigenvalue weighted by atomic mass is 32.1. The van der Waals surface area contributed by atoms with Gasteiger partial charge >= 0.3 is 24.4 Å². The zero-order valence-electron chi connectivity index (χ0n) is 27.2. The predicted molar refractivity (Wildman–Crippen MR) is 173 cm³/mol. The van der Waals surface area contributed by atoms with Crippen molar-refractivity contribution in [1.82, 2.24) is 9.88 Å². The molecule has 2 fully saturated rings. The smallest absolute Gasteiger partial charge is 0.416 e. The molecular formula is C35H31F6N3O5S. The van der Waals surface area contributed by atoms with E-state index in [9.17, 15) is 35.9 Å². The number of carbonyl (C=O) groups is 2. The van der Waals surface area contributed by atoms with Gasteiger partial charge < -0.3 is 19.1 Å². The Labute approximate surface area is 287 Å². The Bertz CT molecular complexity index is 1920. The first kappa shape index (κ1) is 35.1. The number of anilines is 1. The predicted octanol–water partition coefficient (Wildman–Crippen LogP) is 8.91. The summed E-state index contributed by atoms with van der Waals surface area (Å²) in [6.45, 7) is 4.74. The van der Waals surface area contributed by atoms with Crippen molar-refractivity contribution in [2.75, 3.05) is 32.2 Å². The molecule has 6 rings (SSSR count). The Balaban J connectivity index is 1.40. The van der Waals surface area contributed by atoms with Crippen LogP contribution in [0, 0.1) is 6.92 Å². The monoisotopic (exact) mass is 719 g/mol. The quantitative estimate of drug-likeness (QED) is 0.133. The van der Waals surface area contributed by atoms with Crippen molar-refractivity contribution in [3.8, 4) is 27.3 Å². The minimum atomic E-state index is -5.06. The number of hydrogen-bond acceptors (Lipinski definition) is 8. The number of nitrogens with zero attached hydrogens (tertiary/aromatic N) is 3. The zero-order valence-corrected chi connectivity index (χ0v) is 28.1. The molecule has 50 heavy (non-hydrogen) atoms. The third kappa shape index (κ3) is 6.70. The van der Waals surface area contributed by atoms with Crippen LogP contribution in [0.1, 0.15) is 57.1 Å². The number of rotatable bonds is 8. The number of benzene rings is 2. The highest BCUT2D eigenvalue weighted by molar-refractivity contribution is 7.17. The molecular weight excluding hydrogens is 688 g/mol. The van der Waals surface area contributed by atoms with Gasteiger partial charge in [0.25, 0.3) is 0 Å². The summed E-state index contributed by atoms with van der Waals surface area (Å²) >= 11 is 1.27. The van der Waals surface area contributed by atoms with E-state index in [1.165, 1.54) is 37.4 Å². The van der Waals surface area contributed by atoms with Crippen LogP contribution in [0.15, 0.2) is 54.6 Å². The Morgan fingerprint density at radius 1 is 0.960 bits per heavy atom. The van der Waals surface area contributed by atoms with Gasteiger partial charge in [0.1, 0.15) is 22.5 Å². The molecule has 2 atom stereocenters. The summed E-state index contributed by atoms with van der Waals surface area (Å²) in [7, 11) is 2.81. The molecule has 0 aliphatic carbocycles. The van der Waals surface area contributed by atoms with Crippen LogP contribution in [-0.4, -0.2) is 55.3 Å². The van der Waals surface area contributed by atoms with Gasteiger partial charge in [0, 0.05) is 29.1 Å². The molecule has 4 heterocycles. The largest absolute Gasteiger partial charge is 0.496 e. The molecule has 0 bridgehead atoms. The van der Waals surface area contributed by atoms with Gasteiger partial charge in [-0.25, -0.2) is 14.6 Å². The molecule has 0 radical (unpaired) electrons. The topological polar surface area (TPSA) is 81.2 Å². The van der Waals surface area contributed by atoms with Gasteiger partial charge in [-0.1, -0.05) is 0 Å². The number of aromatic nitrogens is 1. The summed E-state index contributed by atoms with van der Waals surface area (Å²) in [6.07, 6.45) is -11.5. The maximum atomic E-state index is 13.6. The van der Waals surface area contributed by atoms with Crippen LogP contribution in [0.25, 0.3) is 21.6 Å². The Kier molecular flexibility index (Phi) is 9.22. The van der Waals surface area contributed by atoms with Gasteiger partial charge in [-0.2, -0.15) is 26.3 Å². The van der Waals surface area contributed by atoms with Crippen LogP contribution in [0.2, 0.25) is 0 Å². The van der Waals surface area contributed by atoms with Gasteiger partial charge in [0.2, 0.25) is 0 Å². The van der Waals surface area contributed by atoms with Gasteiger partial charge in [-0.3, -0.25) is 4.90 Å². The summed E-state index contributed by atoms with van der Waals surface area (Å²) in [4.78, 5) is 35.0. The Hall–Kier alpha value is -4.79. The van der Waals surface area contributed by atoms with Crippen LogP contribution < -0.4 is 9.64 Å². The van der Waals surface area contributed by atoms with Crippen LogP contribution in [0.5, 0.6) is 5.75 Å². The summed E-state index contributed by atoms with van der Waals surface area (Å²) < 4.78 is 97.9. The zero-order chi connectivity index (χ0) is 36.1. The Morgan fingerprint density at radius 2 is 1.64 bits per heavy atom. The number of esters is 1. The number of hydrogen-bond donors (Lipinski definition) is 0. The van der Waals surface area contributed by atoms with Gasteiger partial charge in [0.05, 0.1) is 43.6 Å². The van der Waals surface area contributed by atoms with Crippen molar-refractivity contribution in [1.29, 1.82) is 0 Å². The summed E-state index contributed by atoms with van der Waals surface area (Å²) in [5, 5.41) is 0. The first-order valence-corrected chi connectivity index (χ1v) is 16.3. The fourth-order valence-electron chi connectivity index (χ4n) is 6.07. The number of aryl methyl sites for hydroxylation is 1. The molecule has 2 aromatic heterocycles. The average molecular weight is 720 g/mol. The number of halogens is 6. The van der Waals surface area contributed by atoms with Crippen LogP contribution in [0.3, 0.4) is 0 Å². The first-order chi connectivity index (χ1) is 23.6. The van der Waals surface area contributed by atoms with Crippen molar-refractivity contribution in [2.45, 2.75) is 51.3 Å². The number of amides is 1. The van der Waals surface area contributed by atoms with Crippen LogP contribution in [-0.2, 0) is 28.4 Å². The third-order valence-corrected chi connectivity index (χ3v) is 10.1. The number of pyridine rings is 1. The van der Waals surface area contributed by atoms with Gasteiger partial charge in [-0.05, 0) is 91.6 Å². The van der Waals surface area contributed by atoms with E-state index in [0.717, 1.165) is 35.5 Å². The third-order valence-electron chi connectivity index (χ3n) is 8.85. The second-order valence-corrected chi connectivity index (χ2v) is 13.1. The highest BCUT2D eigenvalue weighted by Gasteiger charge is 2.43. The van der Waals surface area contributed by atoms with E-state index >= 15 is 0 Å². The SMILES string of the molecule is COC(=O)c1cc(C)c(-c2ccc(OC)c(-c3ccc(N4CCC4)nc3CN3C(=O)O[C@H](c4cc(C(F)(F)F)cc(C(F)(F)F)c4)[C@@H]3C)c2)s1. The lowest BCUT2D eigenvalue weighted by Gasteiger charge is -2.33. The van der Waals surface area contributed by atoms with Crippen molar-refractivity contribution < 1.29 is 50.1 Å². The highest BCUT2D eigenvalue weighted by Crippen LogP contribution is 2.43. The molecule has 15 heteroatoms. The lowest BCUT2D eigenvalue weighted by Crippen LogP contribution is -2.38. The molecule has 0 spiro atoms. The minimum Gasteiger partial charge on any atom is -0.496 e. The van der Waals surface area contributed by atoms with Crippen molar-refractivity contribution in [2.24, 2.45) is 0 Å². The van der Waals surface area contributed by atoms with Crippen LogP contribution in [0.4, 0.5) is 37.0 Å². The Morgan fingerprint density at radius 3 is 2.22 bits per heavy atom. The molecule has 2 aliphatic heterocycles. The molecule has 2 aliphatic rings. The molecule has 8 nitrogen and oxygen atoms in total.